The van der Waals surface area contributed by atoms with Crippen molar-refractivity contribution >= 4 is 28.9 Å². The molecule has 1 aromatic carbocycles. The zero-order valence-corrected chi connectivity index (χ0v) is 10.6. The van der Waals surface area contributed by atoms with Gasteiger partial charge < -0.3 is 15.4 Å². The van der Waals surface area contributed by atoms with Crippen molar-refractivity contribution in [2.75, 3.05) is 25.0 Å². The summed E-state index contributed by atoms with van der Waals surface area (Å²) in [5.74, 6) is -0.419. The molecule has 102 valence electrons. The first-order valence-corrected chi connectivity index (χ1v) is 6.03. The number of nitro groups is 1. The Labute approximate surface area is 114 Å². The molecule has 1 heterocycles. The number of nitro benzene ring substituents is 1. The van der Waals surface area contributed by atoms with Gasteiger partial charge in [0.2, 0.25) is 0 Å². The average Bonchev–Trinajstić information content (AvgIpc) is 2.41. The van der Waals surface area contributed by atoms with Gasteiger partial charge in [0.1, 0.15) is 11.8 Å². The van der Waals surface area contributed by atoms with Crippen molar-refractivity contribution in [2.45, 2.75) is 6.10 Å². The summed E-state index contributed by atoms with van der Waals surface area (Å²) in [7, 11) is 0. The number of nitrogens with one attached hydrogen (secondary N) is 2. The van der Waals surface area contributed by atoms with E-state index in [0.717, 1.165) is 0 Å². The smallest absolute Gasteiger partial charge is 0.294 e. The monoisotopic (exact) mass is 285 g/mol. The molecule has 0 aromatic heterocycles. The van der Waals surface area contributed by atoms with Crippen LogP contribution in [-0.4, -0.2) is 36.6 Å². The number of nitrogens with zero attached hydrogens (tertiary/aromatic N) is 1. The largest absolute Gasteiger partial charge is 0.366 e. The number of benzene rings is 1. The van der Waals surface area contributed by atoms with E-state index in [1.807, 2.05) is 0 Å². The van der Waals surface area contributed by atoms with Crippen LogP contribution in [0.1, 0.15) is 0 Å². The lowest BCUT2D eigenvalue weighted by Gasteiger charge is -2.22. The van der Waals surface area contributed by atoms with Gasteiger partial charge in [0, 0.05) is 24.2 Å². The summed E-state index contributed by atoms with van der Waals surface area (Å²) in [6.07, 6.45) is -0.649. The van der Waals surface area contributed by atoms with Gasteiger partial charge in [-0.15, -0.1) is 0 Å². The number of morpholine rings is 1. The molecule has 0 aliphatic carbocycles. The molecule has 0 bridgehead atoms. The average molecular weight is 286 g/mol. The molecule has 8 heteroatoms. The van der Waals surface area contributed by atoms with E-state index in [-0.39, 0.29) is 16.4 Å². The van der Waals surface area contributed by atoms with Crippen LogP contribution in [0.25, 0.3) is 0 Å². The normalized spacial score (nSPS) is 18.9. The minimum absolute atomic E-state index is 0.105. The highest BCUT2D eigenvalue weighted by Crippen LogP contribution is 2.27. The molecule has 1 saturated heterocycles. The standard InChI is InChI=1S/C11H12ClN3O4/c12-7-1-2-8(9(5-7)15(17)18)14-11(16)10-6-13-3-4-19-10/h1-2,5,10,13H,3-4,6H2,(H,14,16). The summed E-state index contributed by atoms with van der Waals surface area (Å²) in [5, 5.41) is 16.6. The minimum Gasteiger partial charge on any atom is -0.366 e. The van der Waals surface area contributed by atoms with Crippen LogP contribution in [-0.2, 0) is 9.53 Å². The molecule has 1 aliphatic heterocycles. The Morgan fingerprint density at radius 3 is 3.00 bits per heavy atom. The molecule has 1 atom stereocenters. The van der Waals surface area contributed by atoms with Crippen LogP contribution in [0.5, 0.6) is 0 Å². The van der Waals surface area contributed by atoms with E-state index in [2.05, 4.69) is 10.6 Å². The lowest BCUT2D eigenvalue weighted by Crippen LogP contribution is -2.45. The summed E-state index contributed by atoms with van der Waals surface area (Å²) < 4.78 is 5.27. The van der Waals surface area contributed by atoms with Crippen LogP contribution >= 0.6 is 11.6 Å². The van der Waals surface area contributed by atoms with Crippen LogP contribution in [0.15, 0.2) is 18.2 Å². The molecule has 7 nitrogen and oxygen atoms in total. The quantitative estimate of drug-likeness (QED) is 0.642. The van der Waals surface area contributed by atoms with Crippen molar-refractivity contribution in [1.82, 2.24) is 5.32 Å². The minimum atomic E-state index is -0.649. The van der Waals surface area contributed by atoms with Crippen LogP contribution in [0, 0.1) is 10.1 Å². The van der Waals surface area contributed by atoms with Gasteiger partial charge in [-0.25, -0.2) is 0 Å². The third-order valence-corrected chi connectivity index (χ3v) is 2.87. The number of hydrogen-bond acceptors (Lipinski definition) is 5. The topological polar surface area (TPSA) is 93.5 Å². The van der Waals surface area contributed by atoms with E-state index in [4.69, 9.17) is 16.3 Å². The van der Waals surface area contributed by atoms with Gasteiger partial charge >= 0.3 is 0 Å². The number of anilines is 1. The van der Waals surface area contributed by atoms with Crippen molar-refractivity contribution in [3.05, 3.63) is 33.3 Å². The highest BCUT2D eigenvalue weighted by atomic mass is 35.5. The lowest BCUT2D eigenvalue weighted by molar-refractivity contribution is -0.383. The molecule has 1 unspecified atom stereocenters. The fourth-order valence-corrected chi connectivity index (χ4v) is 1.87. The predicted octanol–water partition coefficient (Wildman–Crippen LogP) is 1.18. The molecule has 0 radical (unpaired) electrons. The number of rotatable bonds is 3. The first-order valence-electron chi connectivity index (χ1n) is 5.65. The Hall–Kier alpha value is -1.70. The Kier molecular flexibility index (Phi) is 4.31. The maximum absolute atomic E-state index is 11.9. The zero-order valence-electron chi connectivity index (χ0n) is 9.89. The van der Waals surface area contributed by atoms with E-state index >= 15 is 0 Å². The highest BCUT2D eigenvalue weighted by Gasteiger charge is 2.24. The fraction of sp³-hybridized carbons (Fsp3) is 0.364. The van der Waals surface area contributed by atoms with Gasteiger partial charge in [-0.2, -0.15) is 0 Å². The lowest BCUT2D eigenvalue weighted by atomic mass is 10.2. The molecule has 2 rings (SSSR count). The molecule has 0 spiro atoms. The summed E-state index contributed by atoms with van der Waals surface area (Å²) in [4.78, 5) is 22.2. The number of carbonyl (C=O) groups is 1. The molecule has 0 saturated carbocycles. The number of carbonyl (C=O) groups excluding carboxylic acids is 1. The third-order valence-electron chi connectivity index (χ3n) is 2.63. The van der Waals surface area contributed by atoms with Crippen LogP contribution in [0.3, 0.4) is 0 Å². The molecular weight excluding hydrogens is 274 g/mol. The van der Waals surface area contributed by atoms with Crippen molar-refractivity contribution in [2.24, 2.45) is 0 Å². The number of amides is 1. The van der Waals surface area contributed by atoms with Gasteiger partial charge in [0.25, 0.3) is 11.6 Å². The third kappa shape index (κ3) is 3.40. The second kappa shape index (κ2) is 5.96. The zero-order chi connectivity index (χ0) is 13.8. The number of ether oxygens (including phenoxy) is 1. The summed E-state index contributed by atoms with van der Waals surface area (Å²) >= 11 is 5.69. The maximum Gasteiger partial charge on any atom is 0.294 e. The Bertz CT molecular complexity index is 503. The van der Waals surface area contributed by atoms with E-state index in [1.165, 1.54) is 18.2 Å². The fourth-order valence-electron chi connectivity index (χ4n) is 1.71. The van der Waals surface area contributed by atoms with Crippen LogP contribution in [0.4, 0.5) is 11.4 Å². The van der Waals surface area contributed by atoms with Gasteiger partial charge in [-0.3, -0.25) is 14.9 Å². The van der Waals surface area contributed by atoms with E-state index in [1.54, 1.807) is 0 Å². The van der Waals surface area contributed by atoms with Gasteiger partial charge in [0.15, 0.2) is 0 Å². The van der Waals surface area contributed by atoms with E-state index in [0.29, 0.717) is 19.7 Å². The van der Waals surface area contributed by atoms with Crippen molar-refractivity contribution in [3.63, 3.8) is 0 Å². The summed E-state index contributed by atoms with van der Waals surface area (Å²) in [5.41, 5.74) is -0.141. The molecular formula is C11H12ClN3O4. The van der Waals surface area contributed by atoms with Crippen LogP contribution in [0.2, 0.25) is 5.02 Å². The Balaban J connectivity index is 2.13. The number of halogens is 1. The molecule has 1 fully saturated rings. The molecule has 1 amide bonds. The Morgan fingerprint density at radius 1 is 1.58 bits per heavy atom. The Morgan fingerprint density at radius 2 is 2.37 bits per heavy atom. The van der Waals surface area contributed by atoms with Crippen molar-refractivity contribution in [3.8, 4) is 0 Å². The summed E-state index contributed by atoms with van der Waals surface area (Å²) in [6.45, 7) is 1.50. The van der Waals surface area contributed by atoms with Gasteiger partial charge in [0.05, 0.1) is 11.5 Å². The molecule has 2 N–H and O–H groups in total. The van der Waals surface area contributed by atoms with Crippen molar-refractivity contribution in [1.29, 1.82) is 0 Å². The SMILES string of the molecule is O=C(Nc1ccc(Cl)cc1[N+](=O)[O-])C1CNCCO1. The highest BCUT2D eigenvalue weighted by molar-refractivity contribution is 6.31. The number of hydrogen-bond donors (Lipinski definition) is 2. The second-order valence-corrected chi connectivity index (χ2v) is 4.41. The predicted molar refractivity (Wildman–Crippen MR) is 69.3 cm³/mol. The first-order chi connectivity index (χ1) is 9.08. The summed E-state index contributed by atoms with van der Waals surface area (Å²) in [6, 6.07) is 4.07. The van der Waals surface area contributed by atoms with Gasteiger partial charge in [-0.05, 0) is 12.1 Å². The molecule has 19 heavy (non-hydrogen) atoms. The van der Waals surface area contributed by atoms with E-state index < -0.39 is 16.9 Å². The van der Waals surface area contributed by atoms with Gasteiger partial charge in [-0.1, -0.05) is 11.6 Å². The molecule has 1 aromatic rings. The first kappa shape index (κ1) is 13.7. The van der Waals surface area contributed by atoms with Crippen LogP contribution < -0.4 is 10.6 Å². The maximum atomic E-state index is 11.9. The van der Waals surface area contributed by atoms with Crippen molar-refractivity contribution < 1.29 is 14.5 Å². The second-order valence-electron chi connectivity index (χ2n) is 3.97. The molecule has 1 aliphatic rings. The van der Waals surface area contributed by atoms with E-state index in [9.17, 15) is 14.9 Å².